The van der Waals surface area contributed by atoms with Gasteiger partial charge in [-0.05, 0) is 54.3 Å². The molecule has 1 heterocycles. The van der Waals surface area contributed by atoms with Crippen molar-refractivity contribution in [3.05, 3.63) is 71.3 Å². The molecule has 0 radical (unpaired) electrons. The van der Waals surface area contributed by atoms with E-state index in [1.807, 2.05) is 36.4 Å². The van der Waals surface area contributed by atoms with Crippen molar-refractivity contribution in [1.29, 1.82) is 0 Å². The molecule has 1 aliphatic heterocycles. The van der Waals surface area contributed by atoms with E-state index in [2.05, 4.69) is 17.0 Å². The molecule has 3 rings (SSSR count). The van der Waals surface area contributed by atoms with Gasteiger partial charge in [0.25, 0.3) is 5.91 Å². The highest BCUT2D eigenvalue weighted by molar-refractivity contribution is 5.90. The Morgan fingerprint density at radius 1 is 1.25 bits per heavy atom. The van der Waals surface area contributed by atoms with Crippen LogP contribution >= 0.6 is 0 Å². The van der Waals surface area contributed by atoms with Gasteiger partial charge in [0.1, 0.15) is 5.75 Å². The lowest BCUT2D eigenvalue weighted by molar-refractivity contribution is -0.124. The third-order valence-electron chi connectivity index (χ3n) is 5.13. The zero-order chi connectivity index (χ0) is 19.9. The molecule has 3 N–H and O–H groups in total. The number of hydrogen-bond donors (Lipinski definition) is 3. The molecule has 0 aromatic heterocycles. The van der Waals surface area contributed by atoms with Gasteiger partial charge in [0, 0.05) is 18.7 Å². The van der Waals surface area contributed by atoms with Crippen LogP contribution in [-0.2, 0) is 4.79 Å². The fourth-order valence-electron chi connectivity index (χ4n) is 3.61. The third-order valence-corrected chi connectivity index (χ3v) is 5.13. The minimum Gasteiger partial charge on any atom is -0.497 e. The Morgan fingerprint density at radius 3 is 2.61 bits per heavy atom. The van der Waals surface area contributed by atoms with E-state index in [9.17, 15) is 9.90 Å². The topological polar surface area (TPSA) is 82.0 Å². The molecule has 6 nitrogen and oxygen atoms in total. The average molecular weight is 382 g/mol. The summed E-state index contributed by atoms with van der Waals surface area (Å²) >= 11 is 0. The normalized spacial score (nSPS) is 18.3. The molecule has 6 heteroatoms. The summed E-state index contributed by atoms with van der Waals surface area (Å²) in [7, 11) is 1.63. The number of methoxy groups -OCH3 is 1. The van der Waals surface area contributed by atoms with Crippen LogP contribution in [0.25, 0.3) is 6.08 Å². The van der Waals surface area contributed by atoms with Crippen LogP contribution in [0, 0.1) is 0 Å². The smallest absolute Gasteiger partial charge is 0.267 e. The van der Waals surface area contributed by atoms with Gasteiger partial charge in [-0.1, -0.05) is 36.4 Å². The zero-order valence-corrected chi connectivity index (χ0v) is 15.9. The molecule has 28 heavy (non-hydrogen) atoms. The highest BCUT2D eigenvalue weighted by atomic mass is 16.5. The third kappa shape index (κ3) is 4.98. The first-order valence-electron chi connectivity index (χ1n) is 9.39. The van der Waals surface area contributed by atoms with E-state index >= 15 is 0 Å². The summed E-state index contributed by atoms with van der Waals surface area (Å²) in [6, 6.07) is 15.8. The van der Waals surface area contributed by atoms with Crippen molar-refractivity contribution in [2.75, 3.05) is 20.2 Å². The van der Waals surface area contributed by atoms with E-state index < -0.39 is 12.0 Å². The minimum atomic E-state index is -0.557. The molecule has 0 bridgehead atoms. The summed E-state index contributed by atoms with van der Waals surface area (Å²) in [6.45, 7) is 1.53. The molecule has 2 aromatic rings. The number of carbonyl (C=O) groups is 1. The second-order valence-electron chi connectivity index (χ2n) is 6.92. The van der Waals surface area contributed by atoms with E-state index in [0.29, 0.717) is 6.54 Å². The van der Waals surface area contributed by atoms with Crippen LogP contribution in [0.15, 0.2) is 54.6 Å². The summed E-state index contributed by atoms with van der Waals surface area (Å²) < 4.78 is 5.17. The van der Waals surface area contributed by atoms with Gasteiger partial charge in [0.15, 0.2) is 0 Å². The lowest BCUT2D eigenvalue weighted by Gasteiger charge is -2.27. The molecule has 2 atom stereocenters. The van der Waals surface area contributed by atoms with Gasteiger partial charge in [-0.3, -0.25) is 14.9 Å². The summed E-state index contributed by atoms with van der Waals surface area (Å²) in [5.41, 5.74) is 4.54. The van der Waals surface area contributed by atoms with Crippen molar-refractivity contribution < 1.29 is 19.8 Å². The van der Waals surface area contributed by atoms with Crippen molar-refractivity contribution in [1.82, 2.24) is 10.4 Å². The van der Waals surface area contributed by atoms with E-state index in [0.717, 1.165) is 36.3 Å². The maximum Gasteiger partial charge on any atom is 0.267 e. The number of nitrogens with one attached hydrogen (secondary N) is 1. The van der Waals surface area contributed by atoms with E-state index in [4.69, 9.17) is 9.94 Å². The van der Waals surface area contributed by atoms with Crippen molar-refractivity contribution in [2.24, 2.45) is 0 Å². The second kappa shape index (κ2) is 9.50. The van der Waals surface area contributed by atoms with E-state index in [-0.39, 0.29) is 6.04 Å². The van der Waals surface area contributed by atoms with Crippen LogP contribution in [0.5, 0.6) is 5.75 Å². The predicted octanol–water partition coefficient (Wildman–Crippen LogP) is 3.08. The van der Waals surface area contributed by atoms with Crippen molar-refractivity contribution >= 4 is 12.0 Å². The summed E-state index contributed by atoms with van der Waals surface area (Å²) in [4.78, 5) is 13.4. The lowest BCUT2D eigenvalue weighted by atomic mass is 10.0. The molecule has 1 amide bonds. The van der Waals surface area contributed by atoms with Gasteiger partial charge in [-0.2, -0.15) is 0 Å². The standard InChI is InChI=1S/C22H26N2O4/c1-28-19-11-9-18(10-12-19)21(25)15-24-14-2-3-20(24)17-7-4-16(5-8-17)6-13-22(26)23-27/h4-13,20-21,25,27H,2-3,14-15H2,1H3,(H,23,26)/t20?,21-/m1/s1. The molecular formula is C22H26N2O4. The van der Waals surface area contributed by atoms with Crippen molar-refractivity contribution in [3.8, 4) is 5.75 Å². The number of hydrogen-bond acceptors (Lipinski definition) is 5. The molecule has 0 aliphatic carbocycles. The first-order valence-corrected chi connectivity index (χ1v) is 9.39. The number of aliphatic hydroxyl groups is 1. The Bertz CT molecular complexity index is 802. The van der Waals surface area contributed by atoms with Gasteiger partial charge < -0.3 is 9.84 Å². The number of amides is 1. The Labute approximate surface area is 165 Å². The number of β-amino-alcohol motifs (C(OH)–C–C–N with tert-alkyl or cyclic N) is 1. The monoisotopic (exact) mass is 382 g/mol. The molecule has 1 aliphatic rings. The van der Waals surface area contributed by atoms with Gasteiger partial charge in [0.2, 0.25) is 0 Å². The quantitative estimate of drug-likeness (QED) is 0.389. The number of hydroxylamine groups is 1. The van der Waals surface area contributed by atoms with E-state index in [1.54, 1.807) is 18.7 Å². The summed E-state index contributed by atoms with van der Waals surface area (Å²) in [5.74, 6) is 0.221. The molecule has 0 saturated carbocycles. The molecular weight excluding hydrogens is 356 g/mol. The first kappa shape index (κ1) is 20.1. The van der Waals surface area contributed by atoms with Gasteiger partial charge in [-0.25, -0.2) is 5.48 Å². The van der Waals surface area contributed by atoms with Crippen LogP contribution in [0.1, 0.15) is 41.7 Å². The van der Waals surface area contributed by atoms with Crippen LogP contribution in [0.4, 0.5) is 0 Å². The molecule has 148 valence electrons. The molecule has 1 fully saturated rings. The van der Waals surface area contributed by atoms with Gasteiger partial charge in [-0.15, -0.1) is 0 Å². The van der Waals surface area contributed by atoms with Crippen molar-refractivity contribution in [3.63, 3.8) is 0 Å². The highest BCUT2D eigenvalue weighted by Crippen LogP contribution is 2.33. The first-order chi connectivity index (χ1) is 13.6. The number of carbonyl (C=O) groups excluding carboxylic acids is 1. The summed E-state index contributed by atoms with van der Waals surface area (Å²) in [6.07, 6.45) is 4.53. The molecule has 0 spiro atoms. The Morgan fingerprint density at radius 2 is 1.96 bits per heavy atom. The van der Waals surface area contributed by atoms with Gasteiger partial charge in [0.05, 0.1) is 13.2 Å². The lowest BCUT2D eigenvalue weighted by Crippen LogP contribution is -2.28. The van der Waals surface area contributed by atoms with Crippen LogP contribution in [0.2, 0.25) is 0 Å². The molecule has 2 aromatic carbocycles. The van der Waals surface area contributed by atoms with E-state index in [1.165, 1.54) is 11.6 Å². The number of ether oxygens (including phenoxy) is 1. The summed E-state index contributed by atoms with van der Waals surface area (Å²) in [5, 5.41) is 19.2. The molecule has 1 unspecified atom stereocenters. The Hall–Kier alpha value is -2.67. The van der Waals surface area contributed by atoms with Gasteiger partial charge >= 0.3 is 0 Å². The second-order valence-corrected chi connectivity index (χ2v) is 6.92. The number of aliphatic hydroxyl groups excluding tert-OH is 1. The number of nitrogens with zero attached hydrogens (tertiary/aromatic N) is 1. The fraction of sp³-hybridized carbons (Fsp3) is 0.318. The molecule has 1 saturated heterocycles. The minimum absolute atomic E-state index is 0.270. The van der Waals surface area contributed by atoms with Crippen LogP contribution < -0.4 is 10.2 Å². The fourth-order valence-corrected chi connectivity index (χ4v) is 3.61. The zero-order valence-electron chi connectivity index (χ0n) is 15.9. The number of rotatable bonds is 7. The average Bonchev–Trinajstić information content (AvgIpc) is 3.20. The SMILES string of the molecule is COc1ccc([C@H](O)CN2CCCC2c2ccc(C=CC(=O)NO)cc2)cc1. The number of benzene rings is 2. The maximum absolute atomic E-state index is 11.1. The van der Waals surface area contributed by atoms with Crippen LogP contribution in [-0.4, -0.2) is 41.3 Å². The highest BCUT2D eigenvalue weighted by Gasteiger charge is 2.27. The van der Waals surface area contributed by atoms with Crippen molar-refractivity contribution in [2.45, 2.75) is 25.0 Å². The Balaban J connectivity index is 1.65. The largest absolute Gasteiger partial charge is 0.497 e. The Kier molecular flexibility index (Phi) is 6.81. The maximum atomic E-state index is 11.1. The predicted molar refractivity (Wildman–Crippen MR) is 107 cm³/mol. The van der Waals surface area contributed by atoms with Crippen LogP contribution in [0.3, 0.4) is 0 Å². The number of likely N-dealkylation sites (tertiary alicyclic amines) is 1.